The van der Waals surface area contributed by atoms with Crippen LogP contribution in [0, 0.1) is 0 Å². The van der Waals surface area contributed by atoms with E-state index >= 15 is 0 Å². The van der Waals surface area contributed by atoms with Gasteiger partial charge < -0.3 is 5.73 Å². The van der Waals surface area contributed by atoms with Crippen LogP contribution in [0.4, 0.5) is 0 Å². The van der Waals surface area contributed by atoms with Gasteiger partial charge in [0, 0.05) is 6.20 Å². The Morgan fingerprint density at radius 2 is 2.38 bits per heavy atom. The Hall–Kier alpha value is -0.940. The highest BCUT2D eigenvalue weighted by atomic mass is 79.9. The van der Waals surface area contributed by atoms with E-state index in [1.165, 1.54) is 5.56 Å². The van der Waals surface area contributed by atoms with Crippen LogP contribution in [0.1, 0.15) is 5.56 Å². The summed E-state index contributed by atoms with van der Waals surface area (Å²) in [4.78, 5) is 4.18. The van der Waals surface area contributed by atoms with E-state index in [1.807, 2.05) is 18.3 Å². The van der Waals surface area contributed by atoms with Crippen LogP contribution in [0.15, 0.2) is 23.1 Å². The van der Waals surface area contributed by atoms with Crippen molar-refractivity contribution in [2.45, 2.75) is 6.42 Å². The summed E-state index contributed by atoms with van der Waals surface area (Å²) < 4.78 is 2.33. The SMILES string of the molecule is NCCc1ccn2nc(Br)nc2c1. The van der Waals surface area contributed by atoms with Crippen LogP contribution in [0.5, 0.6) is 0 Å². The zero-order valence-corrected chi connectivity index (χ0v) is 8.53. The van der Waals surface area contributed by atoms with E-state index in [0.29, 0.717) is 11.3 Å². The van der Waals surface area contributed by atoms with Gasteiger partial charge in [-0.3, -0.25) is 0 Å². The summed E-state index contributed by atoms with van der Waals surface area (Å²) in [5, 5.41) is 4.11. The monoisotopic (exact) mass is 240 g/mol. The van der Waals surface area contributed by atoms with Crippen molar-refractivity contribution in [2.24, 2.45) is 5.73 Å². The Kier molecular flexibility index (Phi) is 2.28. The highest BCUT2D eigenvalue weighted by Crippen LogP contribution is 2.08. The Labute approximate surface area is 83.9 Å². The first-order valence-electron chi connectivity index (χ1n) is 4.00. The molecule has 2 rings (SSSR count). The van der Waals surface area contributed by atoms with Gasteiger partial charge in [0.1, 0.15) is 0 Å². The van der Waals surface area contributed by atoms with Crippen molar-refractivity contribution in [3.63, 3.8) is 0 Å². The molecule has 0 fully saturated rings. The van der Waals surface area contributed by atoms with Crippen molar-refractivity contribution in [3.8, 4) is 0 Å². The minimum atomic E-state index is 0.609. The number of fused-ring (bicyclic) bond motifs is 1. The first-order valence-corrected chi connectivity index (χ1v) is 4.80. The van der Waals surface area contributed by atoms with E-state index in [1.54, 1.807) is 4.52 Å². The number of aromatic nitrogens is 3. The number of nitrogens with two attached hydrogens (primary N) is 1. The topological polar surface area (TPSA) is 56.2 Å². The Bertz CT molecular complexity index is 423. The molecular formula is C8H9BrN4. The number of rotatable bonds is 2. The van der Waals surface area contributed by atoms with Crippen LogP contribution in [-0.2, 0) is 6.42 Å². The Morgan fingerprint density at radius 3 is 3.15 bits per heavy atom. The van der Waals surface area contributed by atoms with Gasteiger partial charge in [0.15, 0.2) is 5.65 Å². The third kappa shape index (κ3) is 1.71. The van der Waals surface area contributed by atoms with Gasteiger partial charge in [-0.15, -0.1) is 5.10 Å². The normalized spacial score (nSPS) is 10.9. The van der Waals surface area contributed by atoms with Gasteiger partial charge in [-0.2, -0.15) is 0 Å². The molecule has 0 aliphatic carbocycles. The highest BCUT2D eigenvalue weighted by molar-refractivity contribution is 9.10. The molecule has 0 radical (unpaired) electrons. The van der Waals surface area contributed by atoms with E-state index in [4.69, 9.17) is 5.73 Å². The lowest BCUT2D eigenvalue weighted by molar-refractivity contribution is 0.922. The summed E-state index contributed by atoms with van der Waals surface area (Å²) in [6.45, 7) is 0.658. The summed E-state index contributed by atoms with van der Waals surface area (Å²) in [5.74, 6) is 0. The molecule has 2 aromatic rings. The second-order valence-corrected chi connectivity index (χ2v) is 3.47. The van der Waals surface area contributed by atoms with Gasteiger partial charge in [0.05, 0.1) is 0 Å². The van der Waals surface area contributed by atoms with Crippen molar-refractivity contribution in [1.29, 1.82) is 0 Å². The number of hydrogen-bond acceptors (Lipinski definition) is 3. The van der Waals surface area contributed by atoms with Crippen LogP contribution in [-0.4, -0.2) is 21.1 Å². The average Bonchev–Trinajstić information content (AvgIpc) is 2.44. The molecule has 0 bridgehead atoms. The summed E-state index contributed by atoms with van der Waals surface area (Å²) in [6, 6.07) is 3.99. The van der Waals surface area contributed by atoms with E-state index < -0.39 is 0 Å². The van der Waals surface area contributed by atoms with Crippen molar-refractivity contribution in [1.82, 2.24) is 14.6 Å². The molecule has 0 saturated heterocycles. The fourth-order valence-electron chi connectivity index (χ4n) is 1.22. The fraction of sp³-hybridized carbons (Fsp3) is 0.250. The number of nitrogens with zero attached hydrogens (tertiary/aromatic N) is 3. The maximum absolute atomic E-state index is 5.46. The summed E-state index contributed by atoms with van der Waals surface area (Å²) in [6.07, 6.45) is 2.76. The van der Waals surface area contributed by atoms with Crippen LogP contribution in [0.2, 0.25) is 0 Å². The average molecular weight is 241 g/mol. The molecule has 68 valence electrons. The summed E-state index contributed by atoms with van der Waals surface area (Å²) in [7, 11) is 0. The molecule has 13 heavy (non-hydrogen) atoms. The number of halogens is 1. The van der Waals surface area contributed by atoms with Crippen LogP contribution in [0.3, 0.4) is 0 Å². The van der Waals surface area contributed by atoms with Crippen LogP contribution < -0.4 is 5.73 Å². The zero-order chi connectivity index (χ0) is 9.26. The van der Waals surface area contributed by atoms with Crippen molar-refractivity contribution in [3.05, 3.63) is 28.6 Å². The molecule has 0 spiro atoms. The lowest BCUT2D eigenvalue weighted by atomic mass is 10.2. The van der Waals surface area contributed by atoms with Crippen molar-refractivity contribution >= 4 is 21.6 Å². The predicted molar refractivity (Wildman–Crippen MR) is 53.4 cm³/mol. The van der Waals surface area contributed by atoms with E-state index in [0.717, 1.165) is 12.1 Å². The van der Waals surface area contributed by atoms with Gasteiger partial charge in [-0.25, -0.2) is 9.50 Å². The molecule has 2 heterocycles. The van der Waals surface area contributed by atoms with Gasteiger partial charge in [-0.1, -0.05) is 0 Å². The molecule has 0 unspecified atom stereocenters. The number of hydrogen-bond donors (Lipinski definition) is 1. The summed E-state index contributed by atoms with van der Waals surface area (Å²) >= 11 is 3.22. The lowest BCUT2D eigenvalue weighted by Crippen LogP contribution is -2.03. The van der Waals surface area contributed by atoms with E-state index in [-0.39, 0.29) is 0 Å². The molecule has 2 aromatic heterocycles. The first-order chi connectivity index (χ1) is 6.29. The summed E-state index contributed by atoms with van der Waals surface area (Å²) in [5.41, 5.74) is 7.49. The van der Waals surface area contributed by atoms with Crippen LogP contribution >= 0.6 is 15.9 Å². The third-order valence-electron chi connectivity index (χ3n) is 1.81. The smallest absolute Gasteiger partial charge is 0.218 e. The molecule has 0 atom stereocenters. The highest BCUT2D eigenvalue weighted by Gasteiger charge is 2.00. The minimum absolute atomic E-state index is 0.609. The first kappa shape index (κ1) is 8.65. The van der Waals surface area contributed by atoms with Gasteiger partial charge in [0.2, 0.25) is 4.73 Å². The quantitative estimate of drug-likeness (QED) is 0.853. The van der Waals surface area contributed by atoms with Crippen molar-refractivity contribution in [2.75, 3.05) is 6.54 Å². The van der Waals surface area contributed by atoms with Gasteiger partial charge in [-0.05, 0) is 46.6 Å². The predicted octanol–water partition coefficient (Wildman–Crippen LogP) is 0.993. The maximum atomic E-state index is 5.46. The molecule has 0 saturated carbocycles. The Balaban J connectivity index is 2.48. The molecule has 0 aliphatic rings. The zero-order valence-electron chi connectivity index (χ0n) is 6.94. The molecule has 4 nitrogen and oxygen atoms in total. The molecule has 0 aliphatic heterocycles. The second-order valence-electron chi connectivity index (χ2n) is 2.76. The minimum Gasteiger partial charge on any atom is -0.330 e. The number of pyridine rings is 1. The lowest BCUT2D eigenvalue weighted by Gasteiger charge is -1.97. The van der Waals surface area contributed by atoms with Gasteiger partial charge in [0.25, 0.3) is 0 Å². The van der Waals surface area contributed by atoms with Crippen molar-refractivity contribution < 1.29 is 0 Å². The molecule has 0 aromatic carbocycles. The standard InChI is InChI=1S/C8H9BrN4/c9-8-11-7-5-6(1-3-10)2-4-13(7)12-8/h2,4-5H,1,3,10H2. The van der Waals surface area contributed by atoms with Crippen LogP contribution in [0.25, 0.3) is 5.65 Å². The molecule has 0 amide bonds. The largest absolute Gasteiger partial charge is 0.330 e. The fourth-order valence-corrected chi connectivity index (χ4v) is 1.57. The molecule has 2 N–H and O–H groups in total. The van der Waals surface area contributed by atoms with E-state index in [2.05, 4.69) is 26.0 Å². The van der Waals surface area contributed by atoms with E-state index in [9.17, 15) is 0 Å². The van der Waals surface area contributed by atoms with Gasteiger partial charge >= 0.3 is 0 Å². The Morgan fingerprint density at radius 1 is 1.54 bits per heavy atom. The maximum Gasteiger partial charge on any atom is 0.218 e. The second kappa shape index (κ2) is 3.43. The third-order valence-corrected chi connectivity index (χ3v) is 2.15. The molecular weight excluding hydrogens is 232 g/mol. The molecule has 5 heteroatoms.